The fraction of sp³-hybridized carbons (Fsp3) is 0.130. The quantitative estimate of drug-likeness (QED) is 0.486. The second-order valence-electron chi connectivity index (χ2n) is 6.91. The Labute approximate surface area is 183 Å². The minimum atomic E-state index is -0.489. The van der Waals surface area contributed by atoms with Gasteiger partial charge in [-0.2, -0.15) is 5.26 Å². The van der Waals surface area contributed by atoms with Crippen molar-refractivity contribution in [1.29, 1.82) is 5.26 Å². The van der Waals surface area contributed by atoms with Crippen molar-refractivity contribution in [3.05, 3.63) is 77.8 Å². The van der Waals surface area contributed by atoms with Crippen LogP contribution in [-0.2, 0) is 6.42 Å². The molecule has 0 radical (unpaired) electrons. The highest BCUT2D eigenvalue weighted by atomic mass is 19.1. The van der Waals surface area contributed by atoms with Crippen molar-refractivity contribution >= 4 is 22.6 Å². The third-order valence-electron chi connectivity index (χ3n) is 4.93. The number of carbonyl (C=O) groups excluding carboxylic acids is 1. The van der Waals surface area contributed by atoms with Gasteiger partial charge in [0, 0.05) is 49.2 Å². The minimum absolute atomic E-state index is 0.207. The van der Waals surface area contributed by atoms with E-state index in [4.69, 9.17) is 5.26 Å². The number of hydrogen-bond acceptors (Lipinski definition) is 7. The zero-order valence-corrected chi connectivity index (χ0v) is 17.1. The van der Waals surface area contributed by atoms with Crippen molar-refractivity contribution in [3.63, 3.8) is 0 Å². The number of halogens is 1. The van der Waals surface area contributed by atoms with Crippen LogP contribution in [0.4, 0.5) is 10.2 Å². The van der Waals surface area contributed by atoms with Crippen molar-refractivity contribution in [1.82, 2.24) is 25.3 Å². The Morgan fingerprint density at radius 2 is 2.03 bits per heavy atom. The molecule has 0 aliphatic heterocycles. The summed E-state index contributed by atoms with van der Waals surface area (Å²) in [5.41, 5.74) is 3.30. The molecule has 4 aromatic rings. The van der Waals surface area contributed by atoms with E-state index >= 15 is 0 Å². The van der Waals surface area contributed by atoms with Gasteiger partial charge in [0.1, 0.15) is 24.0 Å². The van der Waals surface area contributed by atoms with Crippen LogP contribution in [0.1, 0.15) is 21.5 Å². The second kappa shape index (κ2) is 9.14. The van der Waals surface area contributed by atoms with Gasteiger partial charge in [-0.1, -0.05) is 6.07 Å². The molecule has 32 heavy (non-hydrogen) atoms. The molecule has 1 aromatic carbocycles. The number of rotatable bonds is 6. The number of nitrogens with zero attached hydrogens (tertiary/aromatic N) is 5. The van der Waals surface area contributed by atoms with Crippen LogP contribution in [0.5, 0.6) is 0 Å². The Bertz CT molecular complexity index is 1350. The molecule has 2 N–H and O–H groups in total. The molecular weight excluding hydrogens is 409 g/mol. The Morgan fingerprint density at radius 3 is 2.84 bits per heavy atom. The molecule has 1 amide bonds. The van der Waals surface area contributed by atoms with Gasteiger partial charge in [-0.3, -0.25) is 14.8 Å². The van der Waals surface area contributed by atoms with Crippen molar-refractivity contribution in [2.24, 2.45) is 0 Å². The monoisotopic (exact) mass is 427 g/mol. The summed E-state index contributed by atoms with van der Waals surface area (Å²) >= 11 is 0. The van der Waals surface area contributed by atoms with E-state index in [9.17, 15) is 9.18 Å². The van der Waals surface area contributed by atoms with E-state index < -0.39 is 5.82 Å². The topological polar surface area (TPSA) is 116 Å². The molecule has 9 heteroatoms. The molecule has 8 nitrogen and oxygen atoms in total. The normalized spacial score (nSPS) is 10.5. The van der Waals surface area contributed by atoms with Crippen LogP contribution in [0, 0.1) is 17.1 Å². The fourth-order valence-electron chi connectivity index (χ4n) is 3.39. The summed E-state index contributed by atoms with van der Waals surface area (Å²) in [6, 6.07) is 10.1. The molecule has 0 atom stereocenters. The first-order chi connectivity index (χ1) is 15.6. The number of anilines is 1. The van der Waals surface area contributed by atoms with E-state index in [0.29, 0.717) is 41.1 Å². The lowest BCUT2D eigenvalue weighted by Crippen LogP contribution is -2.18. The maximum absolute atomic E-state index is 14.5. The first-order valence-corrected chi connectivity index (χ1v) is 9.80. The summed E-state index contributed by atoms with van der Waals surface area (Å²) in [5.74, 6) is -0.255. The highest BCUT2D eigenvalue weighted by molar-refractivity contribution is 6.06. The molecular formula is C23H18FN7O. The molecule has 0 aliphatic rings. The van der Waals surface area contributed by atoms with Crippen LogP contribution >= 0.6 is 0 Å². The molecule has 0 bridgehead atoms. The van der Waals surface area contributed by atoms with Crippen LogP contribution < -0.4 is 10.6 Å². The fourth-order valence-corrected chi connectivity index (χ4v) is 3.39. The number of fused-ring (bicyclic) bond motifs is 1. The second-order valence-corrected chi connectivity index (χ2v) is 6.91. The lowest BCUT2D eigenvalue weighted by molar-refractivity contribution is 0.0964. The van der Waals surface area contributed by atoms with E-state index in [0.717, 1.165) is 5.56 Å². The van der Waals surface area contributed by atoms with Crippen LogP contribution in [0.25, 0.3) is 22.2 Å². The molecule has 3 heterocycles. The zero-order valence-electron chi connectivity index (χ0n) is 17.1. The SMILES string of the molecule is CNC(=O)c1ccnc2c(CCNc3cc(-c4cncc(C#N)c4)ncn3)ccc(F)c12. The Kier molecular flexibility index (Phi) is 5.94. The first kappa shape index (κ1) is 20.8. The van der Waals surface area contributed by atoms with Gasteiger partial charge in [0.05, 0.1) is 22.3 Å². The molecule has 158 valence electrons. The molecule has 0 saturated heterocycles. The highest BCUT2D eigenvalue weighted by Gasteiger charge is 2.15. The molecule has 0 saturated carbocycles. The van der Waals surface area contributed by atoms with Gasteiger partial charge in [-0.05, 0) is 30.2 Å². The Morgan fingerprint density at radius 1 is 1.16 bits per heavy atom. The van der Waals surface area contributed by atoms with Crippen molar-refractivity contribution in [2.75, 3.05) is 18.9 Å². The van der Waals surface area contributed by atoms with Gasteiger partial charge >= 0.3 is 0 Å². The number of carbonyl (C=O) groups is 1. The number of nitrogens with one attached hydrogen (secondary N) is 2. The predicted molar refractivity (Wildman–Crippen MR) is 117 cm³/mol. The van der Waals surface area contributed by atoms with E-state index in [2.05, 4.69) is 36.6 Å². The van der Waals surface area contributed by atoms with Gasteiger partial charge in [0.25, 0.3) is 5.91 Å². The minimum Gasteiger partial charge on any atom is -0.370 e. The molecule has 4 rings (SSSR count). The summed E-state index contributed by atoms with van der Waals surface area (Å²) < 4.78 is 14.5. The van der Waals surface area contributed by atoms with Crippen LogP contribution in [-0.4, -0.2) is 39.4 Å². The maximum Gasteiger partial charge on any atom is 0.251 e. The van der Waals surface area contributed by atoms with Gasteiger partial charge in [0.15, 0.2) is 0 Å². The average Bonchev–Trinajstić information content (AvgIpc) is 2.85. The lowest BCUT2D eigenvalue weighted by Gasteiger charge is -2.11. The third kappa shape index (κ3) is 4.20. The summed E-state index contributed by atoms with van der Waals surface area (Å²) in [7, 11) is 1.50. The standard InChI is InChI=1S/C23H18FN7O/c1-26-23(32)17-5-7-29-22-15(2-3-18(24)21(17)22)4-6-28-20-9-19(30-13-31-20)16-8-14(10-25)11-27-12-16/h2-3,5,7-9,11-13H,4,6H2,1H3,(H,26,32)(H,28,30,31). The van der Waals surface area contributed by atoms with E-state index in [-0.39, 0.29) is 16.9 Å². The van der Waals surface area contributed by atoms with Crippen molar-refractivity contribution in [3.8, 4) is 17.3 Å². The van der Waals surface area contributed by atoms with Gasteiger partial charge < -0.3 is 10.6 Å². The third-order valence-corrected chi connectivity index (χ3v) is 4.93. The van der Waals surface area contributed by atoms with Gasteiger partial charge in [0.2, 0.25) is 0 Å². The summed E-state index contributed by atoms with van der Waals surface area (Å²) in [4.78, 5) is 29.0. The van der Waals surface area contributed by atoms with Gasteiger partial charge in [-0.25, -0.2) is 14.4 Å². The molecule has 0 spiro atoms. The van der Waals surface area contributed by atoms with Crippen molar-refractivity contribution in [2.45, 2.75) is 6.42 Å². The maximum atomic E-state index is 14.5. The smallest absolute Gasteiger partial charge is 0.251 e. The number of benzene rings is 1. The number of hydrogen-bond donors (Lipinski definition) is 2. The molecule has 0 aliphatic carbocycles. The summed E-state index contributed by atoms with van der Waals surface area (Å²) in [6.07, 6.45) is 6.59. The molecule has 0 unspecified atom stereocenters. The average molecular weight is 427 g/mol. The number of aromatic nitrogens is 4. The van der Waals surface area contributed by atoms with Crippen LogP contribution in [0.2, 0.25) is 0 Å². The number of pyridine rings is 2. The number of amides is 1. The van der Waals surface area contributed by atoms with E-state index in [1.54, 1.807) is 24.4 Å². The largest absolute Gasteiger partial charge is 0.370 e. The molecule has 0 fully saturated rings. The van der Waals surface area contributed by atoms with E-state index in [1.807, 2.05) is 0 Å². The van der Waals surface area contributed by atoms with Crippen LogP contribution in [0.3, 0.4) is 0 Å². The highest BCUT2D eigenvalue weighted by Crippen LogP contribution is 2.24. The predicted octanol–water partition coefficient (Wildman–Crippen LogP) is 3.11. The summed E-state index contributed by atoms with van der Waals surface area (Å²) in [5, 5.41) is 15.0. The molecule has 3 aromatic heterocycles. The number of nitriles is 1. The Hall–Kier alpha value is -4.45. The van der Waals surface area contributed by atoms with Gasteiger partial charge in [-0.15, -0.1) is 0 Å². The summed E-state index contributed by atoms with van der Waals surface area (Å²) in [6.45, 7) is 0.500. The lowest BCUT2D eigenvalue weighted by atomic mass is 10.0. The van der Waals surface area contributed by atoms with Crippen molar-refractivity contribution < 1.29 is 9.18 Å². The van der Waals surface area contributed by atoms with E-state index in [1.165, 1.54) is 37.9 Å². The first-order valence-electron chi connectivity index (χ1n) is 9.80. The Balaban J connectivity index is 1.54. The van der Waals surface area contributed by atoms with Crippen LogP contribution in [0.15, 0.2) is 55.2 Å². The zero-order chi connectivity index (χ0) is 22.5.